The predicted molar refractivity (Wildman–Crippen MR) is 92.2 cm³/mol. The third-order valence-electron chi connectivity index (χ3n) is 3.78. The van der Waals surface area contributed by atoms with E-state index in [1.165, 1.54) is 16.7 Å². The Bertz CT molecular complexity index is 593. The van der Waals surface area contributed by atoms with E-state index >= 15 is 0 Å². The molecule has 1 nitrogen and oxygen atoms in total. The van der Waals surface area contributed by atoms with Crippen LogP contribution in [0.1, 0.15) is 49.0 Å². The van der Waals surface area contributed by atoms with Crippen molar-refractivity contribution in [2.45, 2.75) is 39.3 Å². The smallest absolute Gasteiger partial charge is 0.0595 e. The molecule has 2 aromatic carbocycles. The highest BCUT2D eigenvalue weighted by molar-refractivity contribution is 6.42. The van der Waals surface area contributed by atoms with Gasteiger partial charge in [0.25, 0.3) is 0 Å². The highest BCUT2D eigenvalue weighted by atomic mass is 35.5. The van der Waals surface area contributed by atoms with E-state index in [0.29, 0.717) is 10.0 Å². The molecule has 112 valence electrons. The van der Waals surface area contributed by atoms with Crippen LogP contribution in [0.4, 0.5) is 0 Å². The second-order valence-corrected chi connectivity index (χ2v) is 6.25. The standard InChI is InChI=1S/C18H21Cl2N/c1-4-18(15-9-10-16(19)17(20)11-15)21-13(3)14-7-5-12(2)6-8-14/h5-11,13,18,21H,4H2,1-3H3/t13-,18?/m0/s1. The van der Waals surface area contributed by atoms with E-state index < -0.39 is 0 Å². The van der Waals surface area contributed by atoms with Crippen LogP contribution in [0.25, 0.3) is 0 Å². The van der Waals surface area contributed by atoms with Crippen LogP contribution in [0.2, 0.25) is 10.0 Å². The summed E-state index contributed by atoms with van der Waals surface area (Å²) in [6.45, 7) is 6.46. The molecule has 2 atom stereocenters. The maximum Gasteiger partial charge on any atom is 0.0595 e. The molecule has 0 aromatic heterocycles. The summed E-state index contributed by atoms with van der Waals surface area (Å²) in [5, 5.41) is 4.87. The van der Waals surface area contributed by atoms with Gasteiger partial charge in [-0.1, -0.05) is 66.0 Å². The molecule has 0 bridgehead atoms. The molecular formula is C18H21Cl2N. The van der Waals surface area contributed by atoms with Crippen LogP contribution in [0.5, 0.6) is 0 Å². The van der Waals surface area contributed by atoms with Gasteiger partial charge in [0.15, 0.2) is 0 Å². The quantitative estimate of drug-likeness (QED) is 0.701. The Morgan fingerprint density at radius 1 is 0.952 bits per heavy atom. The Hall–Kier alpha value is -1.02. The molecule has 0 radical (unpaired) electrons. The molecule has 3 heteroatoms. The van der Waals surface area contributed by atoms with Crippen molar-refractivity contribution in [2.24, 2.45) is 0 Å². The Morgan fingerprint density at radius 3 is 2.14 bits per heavy atom. The number of hydrogen-bond donors (Lipinski definition) is 1. The van der Waals surface area contributed by atoms with Gasteiger partial charge in [0.1, 0.15) is 0 Å². The fraction of sp³-hybridized carbons (Fsp3) is 0.333. The fourth-order valence-corrected chi connectivity index (χ4v) is 2.74. The summed E-state index contributed by atoms with van der Waals surface area (Å²) in [7, 11) is 0. The third-order valence-corrected chi connectivity index (χ3v) is 4.52. The Balaban J connectivity index is 2.14. The van der Waals surface area contributed by atoms with E-state index in [-0.39, 0.29) is 12.1 Å². The molecule has 2 aromatic rings. The largest absolute Gasteiger partial charge is 0.303 e. The molecule has 21 heavy (non-hydrogen) atoms. The van der Waals surface area contributed by atoms with Crippen molar-refractivity contribution in [3.05, 3.63) is 69.2 Å². The SMILES string of the molecule is CCC(N[C@@H](C)c1ccc(C)cc1)c1ccc(Cl)c(Cl)c1. The third kappa shape index (κ3) is 4.23. The van der Waals surface area contributed by atoms with E-state index in [1.807, 2.05) is 18.2 Å². The van der Waals surface area contributed by atoms with Gasteiger partial charge >= 0.3 is 0 Å². The van der Waals surface area contributed by atoms with Gasteiger partial charge in [-0.25, -0.2) is 0 Å². The molecule has 0 aliphatic heterocycles. The monoisotopic (exact) mass is 321 g/mol. The van der Waals surface area contributed by atoms with Crippen molar-refractivity contribution in [3.63, 3.8) is 0 Å². The van der Waals surface area contributed by atoms with Crippen molar-refractivity contribution in [3.8, 4) is 0 Å². The molecular weight excluding hydrogens is 301 g/mol. The lowest BCUT2D eigenvalue weighted by Crippen LogP contribution is -2.24. The fourth-order valence-electron chi connectivity index (χ4n) is 2.43. The molecule has 0 saturated heterocycles. The lowest BCUT2D eigenvalue weighted by Gasteiger charge is -2.23. The zero-order valence-electron chi connectivity index (χ0n) is 12.7. The second-order valence-electron chi connectivity index (χ2n) is 5.43. The summed E-state index contributed by atoms with van der Waals surface area (Å²) in [4.78, 5) is 0. The van der Waals surface area contributed by atoms with Crippen LogP contribution in [0, 0.1) is 6.92 Å². The highest BCUT2D eigenvalue weighted by Gasteiger charge is 2.14. The van der Waals surface area contributed by atoms with Gasteiger partial charge in [0, 0.05) is 12.1 Å². The first-order valence-electron chi connectivity index (χ1n) is 7.28. The van der Waals surface area contributed by atoms with Crippen LogP contribution in [0.3, 0.4) is 0 Å². The van der Waals surface area contributed by atoms with Crippen LogP contribution in [-0.4, -0.2) is 0 Å². The molecule has 0 saturated carbocycles. The summed E-state index contributed by atoms with van der Waals surface area (Å²) < 4.78 is 0. The van der Waals surface area contributed by atoms with Gasteiger partial charge in [0.05, 0.1) is 10.0 Å². The molecule has 0 spiro atoms. The lowest BCUT2D eigenvalue weighted by molar-refractivity contribution is 0.456. The van der Waals surface area contributed by atoms with Crippen LogP contribution in [0.15, 0.2) is 42.5 Å². The number of rotatable bonds is 5. The van der Waals surface area contributed by atoms with E-state index in [4.69, 9.17) is 23.2 Å². The maximum atomic E-state index is 6.13. The number of nitrogens with one attached hydrogen (secondary N) is 1. The van der Waals surface area contributed by atoms with E-state index in [2.05, 4.69) is 50.4 Å². The van der Waals surface area contributed by atoms with E-state index in [1.54, 1.807) is 0 Å². The van der Waals surface area contributed by atoms with Gasteiger partial charge in [-0.05, 0) is 43.5 Å². The van der Waals surface area contributed by atoms with Gasteiger partial charge in [-0.2, -0.15) is 0 Å². The molecule has 0 aliphatic carbocycles. The van der Waals surface area contributed by atoms with Crippen molar-refractivity contribution in [2.75, 3.05) is 0 Å². The summed E-state index contributed by atoms with van der Waals surface area (Å²) >= 11 is 12.1. The molecule has 1 N–H and O–H groups in total. The van der Waals surface area contributed by atoms with Gasteiger partial charge < -0.3 is 5.32 Å². The average molecular weight is 322 g/mol. The van der Waals surface area contributed by atoms with Crippen LogP contribution >= 0.6 is 23.2 Å². The summed E-state index contributed by atoms with van der Waals surface area (Å²) in [5.74, 6) is 0. The number of halogens is 2. The minimum Gasteiger partial charge on any atom is -0.303 e. The number of aryl methyl sites for hydroxylation is 1. The van der Waals surface area contributed by atoms with Crippen molar-refractivity contribution in [1.82, 2.24) is 5.32 Å². The average Bonchev–Trinajstić information content (AvgIpc) is 2.48. The molecule has 0 aliphatic rings. The summed E-state index contributed by atoms with van der Waals surface area (Å²) in [5.41, 5.74) is 3.74. The zero-order valence-corrected chi connectivity index (χ0v) is 14.2. The number of hydrogen-bond acceptors (Lipinski definition) is 1. The predicted octanol–water partition coefficient (Wildman–Crippen LogP) is 6.10. The lowest BCUT2D eigenvalue weighted by atomic mass is 10.0. The van der Waals surface area contributed by atoms with Gasteiger partial charge in [-0.3, -0.25) is 0 Å². The molecule has 0 heterocycles. The normalized spacial score (nSPS) is 14.0. The van der Waals surface area contributed by atoms with Gasteiger partial charge in [0.2, 0.25) is 0 Å². The Labute approximate surface area is 137 Å². The molecule has 0 fully saturated rings. The second kappa shape index (κ2) is 7.31. The Morgan fingerprint density at radius 2 is 1.57 bits per heavy atom. The molecule has 0 amide bonds. The minimum absolute atomic E-state index is 0.260. The van der Waals surface area contributed by atoms with Crippen molar-refractivity contribution in [1.29, 1.82) is 0 Å². The number of benzene rings is 2. The summed E-state index contributed by atoms with van der Waals surface area (Å²) in [6, 6.07) is 15.0. The first-order chi connectivity index (χ1) is 10.0. The minimum atomic E-state index is 0.260. The highest BCUT2D eigenvalue weighted by Crippen LogP contribution is 2.28. The Kier molecular flexibility index (Phi) is 5.69. The molecule has 1 unspecified atom stereocenters. The zero-order chi connectivity index (χ0) is 15.4. The molecule has 2 rings (SSSR count). The topological polar surface area (TPSA) is 12.0 Å². The summed E-state index contributed by atoms with van der Waals surface area (Å²) in [6.07, 6.45) is 0.994. The van der Waals surface area contributed by atoms with Crippen LogP contribution < -0.4 is 5.32 Å². The maximum absolute atomic E-state index is 6.13. The first kappa shape index (κ1) is 16.4. The van der Waals surface area contributed by atoms with Crippen molar-refractivity contribution < 1.29 is 0 Å². The first-order valence-corrected chi connectivity index (χ1v) is 8.04. The van der Waals surface area contributed by atoms with E-state index in [0.717, 1.165) is 6.42 Å². The van der Waals surface area contributed by atoms with Crippen LogP contribution in [-0.2, 0) is 0 Å². The van der Waals surface area contributed by atoms with Gasteiger partial charge in [-0.15, -0.1) is 0 Å². The van der Waals surface area contributed by atoms with Crippen molar-refractivity contribution >= 4 is 23.2 Å². The van der Waals surface area contributed by atoms with E-state index in [9.17, 15) is 0 Å².